The first-order valence-electron chi connectivity index (χ1n) is 6.05. The molecule has 11 heteroatoms. The highest BCUT2D eigenvalue weighted by molar-refractivity contribution is 7.89. The Balaban J connectivity index is 2.18. The predicted molar refractivity (Wildman–Crippen MR) is 68.2 cm³/mol. The second kappa shape index (κ2) is 5.39. The molecule has 0 aromatic carbocycles. The van der Waals surface area contributed by atoms with Crippen molar-refractivity contribution in [3.8, 4) is 0 Å². The van der Waals surface area contributed by atoms with E-state index in [4.69, 9.17) is 0 Å². The Morgan fingerprint density at radius 2 is 2.00 bits per heavy atom. The van der Waals surface area contributed by atoms with Crippen molar-refractivity contribution in [3.05, 3.63) is 28.9 Å². The smallest absolute Gasteiger partial charge is 0.351 e. The van der Waals surface area contributed by atoms with Gasteiger partial charge in [-0.2, -0.15) is 18.3 Å². The Bertz CT molecular complexity index is 792. The van der Waals surface area contributed by atoms with Gasteiger partial charge in [0, 0.05) is 13.1 Å². The number of hydrogen-bond donors (Lipinski definition) is 1. The third-order valence-corrected chi connectivity index (χ3v) is 4.65. The lowest BCUT2D eigenvalue weighted by Crippen LogP contribution is -2.24. The number of halogens is 3. The van der Waals surface area contributed by atoms with Crippen molar-refractivity contribution in [2.24, 2.45) is 7.05 Å². The van der Waals surface area contributed by atoms with Crippen LogP contribution in [0.5, 0.6) is 0 Å². The van der Waals surface area contributed by atoms with Gasteiger partial charge in [0.05, 0.1) is 23.6 Å². The van der Waals surface area contributed by atoms with Gasteiger partial charge in [-0.25, -0.2) is 13.1 Å². The highest BCUT2D eigenvalue weighted by Gasteiger charge is 2.36. The molecule has 7 nitrogen and oxygen atoms in total. The highest BCUT2D eigenvalue weighted by atomic mass is 32.2. The second-order valence-corrected chi connectivity index (χ2v) is 6.33. The normalized spacial score (nSPS) is 12.8. The third kappa shape index (κ3) is 3.14. The van der Waals surface area contributed by atoms with Crippen LogP contribution in [0.4, 0.5) is 13.2 Å². The SMILES string of the molecule is Cc1nn(C)c(C)c1S(=O)(=O)NCc1cc(C(F)(F)F)on1. The summed E-state index contributed by atoms with van der Waals surface area (Å²) in [6.07, 6.45) is -4.67. The second-order valence-electron chi connectivity index (χ2n) is 4.63. The van der Waals surface area contributed by atoms with Crippen LogP contribution in [0.3, 0.4) is 0 Å². The van der Waals surface area contributed by atoms with Crippen molar-refractivity contribution in [3.63, 3.8) is 0 Å². The molecular weight excluding hydrogens is 325 g/mol. The molecule has 0 amide bonds. The lowest BCUT2D eigenvalue weighted by atomic mass is 10.3. The zero-order chi connectivity index (χ0) is 16.7. The molecule has 22 heavy (non-hydrogen) atoms. The van der Waals surface area contributed by atoms with E-state index in [9.17, 15) is 21.6 Å². The molecule has 0 aliphatic rings. The molecule has 0 radical (unpaired) electrons. The van der Waals surface area contributed by atoms with E-state index in [1.165, 1.54) is 11.6 Å². The van der Waals surface area contributed by atoms with Crippen LogP contribution in [-0.2, 0) is 29.8 Å². The first-order chi connectivity index (χ1) is 10.0. The van der Waals surface area contributed by atoms with Crippen molar-refractivity contribution in [1.82, 2.24) is 19.7 Å². The van der Waals surface area contributed by atoms with E-state index >= 15 is 0 Å². The Labute approximate surface area is 124 Å². The predicted octanol–water partition coefficient (Wildman–Crippen LogP) is 1.52. The minimum absolute atomic E-state index is 0.00506. The summed E-state index contributed by atoms with van der Waals surface area (Å²) in [5.74, 6) is -1.28. The van der Waals surface area contributed by atoms with Crippen molar-refractivity contribution < 1.29 is 26.1 Å². The molecule has 0 bridgehead atoms. The maximum atomic E-state index is 12.4. The largest absolute Gasteiger partial charge is 0.452 e. The Morgan fingerprint density at radius 1 is 1.36 bits per heavy atom. The fourth-order valence-electron chi connectivity index (χ4n) is 1.91. The molecule has 2 aromatic heterocycles. The van der Waals surface area contributed by atoms with Gasteiger partial charge in [-0.1, -0.05) is 5.16 Å². The summed E-state index contributed by atoms with van der Waals surface area (Å²) in [7, 11) is -2.33. The minimum atomic E-state index is -4.67. The molecule has 0 spiro atoms. The van der Waals surface area contributed by atoms with E-state index in [2.05, 4.69) is 19.5 Å². The molecule has 0 fully saturated rings. The van der Waals surface area contributed by atoms with E-state index in [0.717, 1.165) is 0 Å². The van der Waals surface area contributed by atoms with Crippen LogP contribution in [-0.4, -0.2) is 23.4 Å². The topological polar surface area (TPSA) is 90.0 Å². The fraction of sp³-hybridized carbons (Fsp3) is 0.455. The summed E-state index contributed by atoms with van der Waals surface area (Å²) in [4.78, 5) is -0.00506. The van der Waals surface area contributed by atoms with Crippen molar-refractivity contribution in [2.45, 2.75) is 31.5 Å². The summed E-state index contributed by atoms with van der Waals surface area (Å²) in [5, 5.41) is 7.17. The molecule has 0 aliphatic carbocycles. The first kappa shape index (κ1) is 16.5. The van der Waals surface area contributed by atoms with Crippen LogP contribution in [0.25, 0.3) is 0 Å². The van der Waals surface area contributed by atoms with Crippen molar-refractivity contribution in [1.29, 1.82) is 0 Å². The number of sulfonamides is 1. The molecule has 0 unspecified atom stereocenters. The number of aryl methyl sites for hydroxylation is 2. The van der Waals surface area contributed by atoms with Crippen LogP contribution < -0.4 is 4.72 Å². The summed E-state index contributed by atoms with van der Waals surface area (Å²) < 4.78 is 69.2. The Morgan fingerprint density at radius 3 is 2.45 bits per heavy atom. The molecule has 0 saturated heterocycles. The van der Waals surface area contributed by atoms with E-state index < -0.39 is 28.5 Å². The summed E-state index contributed by atoms with van der Waals surface area (Å²) in [5.41, 5.74) is 0.542. The number of aromatic nitrogens is 3. The standard InChI is InChI=1S/C11H13F3N4O3S/c1-6-10(7(2)18(3)16-6)22(19,20)15-5-8-4-9(21-17-8)11(12,13)14/h4,15H,5H2,1-3H3. The molecular formula is C11H13F3N4O3S. The van der Waals surface area contributed by atoms with Gasteiger partial charge < -0.3 is 4.52 Å². The third-order valence-electron chi connectivity index (χ3n) is 2.99. The van der Waals surface area contributed by atoms with Crippen molar-refractivity contribution in [2.75, 3.05) is 0 Å². The van der Waals surface area contributed by atoms with Crippen LogP contribution in [0.15, 0.2) is 15.5 Å². The Kier molecular flexibility index (Phi) is 4.04. The molecule has 0 atom stereocenters. The molecule has 2 rings (SSSR count). The lowest BCUT2D eigenvalue weighted by Gasteiger charge is -2.05. The highest BCUT2D eigenvalue weighted by Crippen LogP contribution is 2.29. The van der Waals surface area contributed by atoms with E-state index in [-0.39, 0.29) is 10.6 Å². The molecule has 0 aliphatic heterocycles. The zero-order valence-electron chi connectivity index (χ0n) is 11.9. The minimum Gasteiger partial charge on any atom is -0.351 e. The summed E-state index contributed by atoms with van der Waals surface area (Å²) in [6.45, 7) is 2.68. The number of nitrogens with one attached hydrogen (secondary N) is 1. The average molecular weight is 338 g/mol. The number of alkyl halides is 3. The Hall–Kier alpha value is -1.88. The van der Waals surface area contributed by atoms with Gasteiger partial charge >= 0.3 is 6.18 Å². The van der Waals surface area contributed by atoms with Crippen LogP contribution in [0.2, 0.25) is 0 Å². The van der Waals surface area contributed by atoms with Gasteiger partial charge in [-0.05, 0) is 13.8 Å². The average Bonchev–Trinajstić information content (AvgIpc) is 2.93. The zero-order valence-corrected chi connectivity index (χ0v) is 12.7. The van der Waals surface area contributed by atoms with Gasteiger partial charge in [-0.15, -0.1) is 0 Å². The molecule has 2 aromatic rings. The van der Waals surface area contributed by atoms with Gasteiger partial charge in [0.1, 0.15) is 4.90 Å². The monoisotopic (exact) mass is 338 g/mol. The van der Waals surface area contributed by atoms with Gasteiger partial charge in [0.2, 0.25) is 15.8 Å². The molecule has 122 valence electrons. The number of rotatable bonds is 4. The maximum Gasteiger partial charge on any atom is 0.452 e. The quantitative estimate of drug-likeness (QED) is 0.913. The van der Waals surface area contributed by atoms with E-state index in [1.54, 1.807) is 14.0 Å². The van der Waals surface area contributed by atoms with Crippen LogP contribution in [0, 0.1) is 13.8 Å². The van der Waals surface area contributed by atoms with Crippen LogP contribution in [0.1, 0.15) is 22.8 Å². The number of hydrogen-bond acceptors (Lipinski definition) is 5. The van der Waals surface area contributed by atoms with E-state index in [0.29, 0.717) is 17.5 Å². The maximum absolute atomic E-state index is 12.4. The van der Waals surface area contributed by atoms with Gasteiger partial charge in [-0.3, -0.25) is 4.68 Å². The molecule has 1 N–H and O–H groups in total. The lowest BCUT2D eigenvalue weighted by molar-refractivity contribution is -0.155. The van der Waals surface area contributed by atoms with E-state index in [1.807, 2.05) is 0 Å². The van der Waals surface area contributed by atoms with Gasteiger partial charge in [0.15, 0.2) is 0 Å². The summed E-state index contributed by atoms with van der Waals surface area (Å²) >= 11 is 0. The summed E-state index contributed by atoms with van der Waals surface area (Å²) in [6, 6.07) is 0.644. The van der Waals surface area contributed by atoms with Crippen LogP contribution >= 0.6 is 0 Å². The first-order valence-corrected chi connectivity index (χ1v) is 7.53. The fourth-order valence-corrected chi connectivity index (χ4v) is 3.35. The van der Waals surface area contributed by atoms with Gasteiger partial charge in [0.25, 0.3) is 0 Å². The molecule has 0 saturated carbocycles. The number of nitrogens with zero attached hydrogens (tertiary/aromatic N) is 3. The molecule has 2 heterocycles. The van der Waals surface area contributed by atoms with Crippen molar-refractivity contribution >= 4 is 10.0 Å².